The van der Waals surface area contributed by atoms with Gasteiger partial charge in [0.15, 0.2) is 17.6 Å². The first-order valence-corrected chi connectivity index (χ1v) is 13.9. The van der Waals surface area contributed by atoms with Crippen LogP contribution in [-0.4, -0.2) is 100 Å². The maximum absolute atomic E-state index is 13.6. The van der Waals surface area contributed by atoms with Gasteiger partial charge in [0.1, 0.15) is 23.2 Å². The van der Waals surface area contributed by atoms with E-state index in [1.807, 2.05) is 6.07 Å². The summed E-state index contributed by atoms with van der Waals surface area (Å²) in [7, 11) is 1.48. The van der Waals surface area contributed by atoms with Gasteiger partial charge in [-0.1, -0.05) is 26.0 Å². The molecule has 1 aromatic heterocycles. The van der Waals surface area contributed by atoms with E-state index in [-0.39, 0.29) is 41.7 Å². The molecule has 5 heterocycles. The highest BCUT2D eigenvalue weighted by Crippen LogP contribution is 2.44. The Morgan fingerprint density at radius 3 is 2.77 bits per heavy atom. The van der Waals surface area contributed by atoms with Gasteiger partial charge in [0.2, 0.25) is 5.79 Å². The fraction of sp³-hybridized carbons (Fsp3) is 0.464. The summed E-state index contributed by atoms with van der Waals surface area (Å²) in [6.45, 7) is 4.39. The number of hydrogen-bond acceptors (Lipinski definition) is 9. The number of aromatic nitrogens is 1. The van der Waals surface area contributed by atoms with Crippen LogP contribution in [0.2, 0.25) is 0 Å². The van der Waals surface area contributed by atoms with Crippen molar-refractivity contribution in [2.24, 2.45) is 0 Å². The van der Waals surface area contributed by atoms with Gasteiger partial charge in [-0.25, -0.2) is 0 Å². The lowest BCUT2D eigenvalue weighted by Gasteiger charge is -2.51. The third kappa shape index (κ3) is 4.38. The molecule has 43 heavy (non-hydrogen) atoms. The Morgan fingerprint density at radius 2 is 2.00 bits per heavy atom. The predicted octanol–water partition coefficient (Wildman–Crippen LogP) is -1.23. The molecule has 3 unspecified atom stereocenters. The van der Waals surface area contributed by atoms with Crippen molar-refractivity contribution in [1.29, 1.82) is 10.8 Å². The lowest BCUT2D eigenvalue weighted by molar-refractivity contribution is -0.232. The Morgan fingerprint density at radius 1 is 1.21 bits per heavy atom. The number of para-hydroxylation sites is 1. The fourth-order valence-corrected chi connectivity index (χ4v) is 6.49. The first-order valence-electron chi connectivity index (χ1n) is 13.9. The zero-order valence-corrected chi connectivity index (χ0v) is 23.9. The van der Waals surface area contributed by atoms with Crippen LogP contribution in [0.25, 0.3) is 0 Å². The number of rotatable bonds is 6. The number of nitrogens with one attached hydrogen (secondary N) is 7. The van der Waals surface area contributed by atoms with Crippen LogP contribution in [0.4, 0.5) is 0 Å². The molecular formula is C28H35N9O6. The number of ether oxygens (including phenoxy) is 2. The topological polar surface area (TPSA) is 217 Å². The maximum atomic E-state index is 13.6. The molecule has 6 rings (SSSR count). The van der Waals surface area contributed by atoms with Gasteiger partial charge in [-0.05, 0) is 24.0 Å². The second-order valence-electron chi connectivity index (χ2n) is 11.8. The largest absolute Gasteiger partial charge is 0.497 e. The van der Waals surface area contributed by atoms with Gasteiger partial charge < -0.3 is 51.2 Å². The molecule has 228 valence electrons. The molecule has 15 nitrogen and oxygen atoms in total. The predicted molar refractivity (Wildman–Crippen MR) is 153 cm³/mol. The number of guanidine groups is 2. The van der Waals surface area contributed by atoms with Crippen LogP contribution in [0.5, 0.6) is 11.5 Å². The Bertz CT molecular complexity index is 1510. The minimum atomic E-state index is -2.66. The number of carbonyl (C=O) groups excluding carboxylic acids is 2. The maximum Gasteiger partial charge on any atom is 0.270 e. The zero-order valence-electron chi connectivity index (χ0n) is 23.9. The lowest BCUT2D eigenvalue weighted by atomic mass is 9.79. The molecule has 0 saturated carbocycles. The Hall–Kier alpha value is -4.63. The number of pyridine rings is 1. The summed E-state index contributed by atoms with van der Waals surface area (Å²) in [6.07, 6.45) is 2.23. The van der Waals surface area contributed by atoms with Crippen LogP contribution in [-0.2, 0) is 5.41 Å². The van der Waals surface area contributed by atoms with E-state index in [9.17, 15) is 19.8 Å². The van der Waals surface area contributed by atoms with Crippen molar-refractivity contribution in [2.75, 3.05) is 26.8 Å². The summed E-state index contributed by atoms with van der Waals surface area (Å²) < 4.78 is 11.0. The average molecular weight is 594 g/mol. The molecule has 0 bridgehead atoms. The summed E-state index contributed by atoms with van der Waals surface area (Å²) in [4.78, 5) is 31.9. The van der Waals surface area contributed by atoms with Gasteiger partial charge >= 0.3 is 0 Å². The Kier molecular flexibility index (Phi) is 6.61. The van der Waals surface area contributed by atoms with Gasteiger partial charge in [-0.2, -0.15) is 0 Å². The van der Waals surface area contributed by atoms with Gasteiger partial charge in [0, 0.05) is 30.9 Å². The van der Waals surface area contributed by atoms with E-state index >= 15 is 0 Å². The van der Waals surface area contributed by atoms with Crippen molar-refractivity contribution >= 4 is 23.7 Å². The molecule has 2 aromatic rings. The van der Waals surface area contributed by atoms with Crippen molar-refractivity contribution in [3.63, 3.8) is 0 Å². The highest BCUT2D eigenvalue weighted by molar-refractivity contribution is 5.98. The van der Waals surface area contributed by atoms with Crippen LogP contribution in [0, 0.1) is 10.8 Å². The molecule has 4 aliphatic rings. The van der Waals surface area contributed by atoms with Crippen molar-refractivity contribution in [2.45, 2.75) is 55.3 Å². The van der Waals surface area contributed by atoms with E-state index in [1.165, 1.54) is 24.3 Å². The molecule has 3 saturated heterocycles. The Labute approximate surface area is 247 Å². The molecule has 0 aliphatic carbocycles. The van der Waals surface area contributed by atoms with Crippen LogP contribution in [0.3, 0.4) is 0 Å². The molecule has 0 radical (unpaired) electrons. The minimum absolute atomic E-state index is 0.0568. The minimum Gasteiger partial charge on any atom is -0.497 e. The van der Waals surface area contributed by atoms with Crippen molar-refractivity contribution in [3.05, 3.63) is 53.3 Å². The van der Waals surface area contributed by atoms with Crippen molar-refractivity contribution in [1.82, 2.24) is 36.5 Å². The lowest BCUT2D eigenvalue weighted by Crippen LogP contribution is -2.81. The van der Waals surface area contributed by atoms with Gasteiger partial charge in [-0.15, -0.1) is 0 Å². The zero-order chi connectivity index (χ0) is 30.7. The van der Waals surface area contributed by atoms with Gasteiger partial charge in [0.25, 0.3) is 11.8 Å². The number of methoxy groups -OCH3 is 1. The van der Waals surface area contributed by atoms with Crippen molar-refractivity contribution < 1.29 is 29.3 Å². The van der Waals surface area contributed by atoms with Crippen LogP contribution < -0.4 is 36.1 Å². The number of amides is 2. The van der Waals surface area contributed by atoms with Crippen molar-refractivity contribution in [3.8, 4) is 11.5 Å². The molecule has 4 aliphatic heterocycles. The Balaban J connectivity index is 1.25. The molecular weight excluding hydrogens is 558 g/mol. The summed E-state index contributed by atoms with van der Waals surface area (Å²) in [5.41, 5.74) is -0.740. The fourth-order valence-electron chi connectivity index (χ4n) is 6.49. The van der Waals surface area contributed by atoms with E-state index < -0.39 is 41.4 Å². The number of benzene rings is 1. The highest BCUT2D eigenvalue weighted by Gasteiger charge is 2.74. The first kappa shape index (κ1) is 28.5. The molecule has 3 fully saturated rings. The standard InChI is InChI=1S/C28H35N9O6/c1-26(2)8-10-43-20-15(5-4-6-16(20)26)22(38)34-19-13-37-25(30)33-18(21-27(37,28(19,40)41)36-24(29)35-21)12-32-23(39)17-11-14(42-3)7-9-31-17/h4-7,9,11,18-19,21,40-41H,8,10,12-13H2,1-3H3,(H2,30,33)(H,32,39)(H,34,38)(H3,29,35,36)/t18?,19?,21?,27-/m1/s1. The third-order valence-electron chi connectivity index (χ3n) is 8.85. The number of carbonyl (C=O) groups is 2. The summed E-state index contributed by atoms with van der Waals surface area (Å²) in [5.74, 6) is -3.19. The quantitative estimate of drug-likeness (QED) is 0.181. The number of hydrogen-bond donors (Lipinski definition) is 9. The van der Waals surface area contributed by atoms with E-state index in [0.29, 0.717) is 18.1 Å². The van der Waals surface area contributed by atoms with Crippen LogP contribution in [0.15, 0.2) is 36.5 Å². The third-order valence-corrected chi connectivity index (χ3v) is 8.85. The second-order valence-corrected chi connectivity index (χ2v) is 11.8. The average Bonchev–Trinajstić information content (AvgIpc) is 3.45. The van der Waals surface area contributed by atoms with E-state index in [1.54, 1.807) is 18.2 Å². The molecule has 1 aromatic carbocycles. The van der Waals surface area contributed by atoms with E-state index in [2.05, 4.69) is 45.4 Å². The summed E-state index contributed by atoms with van der Waals surface area (Å²) >= 11 is 0. The van der Waals surface area contributed by atoms with Crippen LogP contribution in [0.1, 0.15) is 46.7 Å². The molecule has 15 heteroatoms. The van der Waals surface area contributed by atoms with Gasteiger partial charge in [0.05, 0.1) is 31.4 Å². The molecule has 4 atom stereocenters. The first-order chi connectivity index (χ1) is 20.4. The van der Waals surface area contributed by atoms with E-state index in [4.69, 9.17) is 20.3 Å². The number of fused-ring (bicyclic) bond motifs is 1. The number of nitrogens with zero attached hydrogens (tertiary/aromatic N) is 2. The van der Waals surface area contributed by atoms with Crippen LogP contribution >= 0.6 is 0 Å². The molecule has 1 spiro atoms. The number of aliphatic hydroxyl groups is 2. The molecule has 2 amide bonds. The normalized spacial score (nSPS) is 27.7. The van der Waals surface area contributed by atoms with Gasteiger partial charge in [-0.3, -0.25) is 25.4 Å². The highest BCUT2D eigenvalue weighted by atomic mass is 16.5. The monoisotopic (exact) mass is 593 g/mol. The SMILES string of the molecule is COc1ccnc(C(=O)NCC2NC(=N)N3CC(NC(=O)c4cccc5c4OCCC5(C)C)C(O)(O)[C@]34NC(=N)NC24)c1. The molecule has 9 N–H and O–H groups in total. The smallest absolute Gasteiger partial charge is 0.270 e. The summed E-state index contributed by atoms with van der Waals surface area (Å²) in [6, 6.07) is 5.44. The summed E-state index contributed by atoms with van der Waals surface area (Å²) in [5, 5.41) is 54.7. The van der Waals surface area contributed by atoms with E-state index in [0.717, 1.165) is 12.0 Å². The second kappa shape index (κ2) is 9.98.